The molecule has 1 heterocycles. The third kappa shape index (κ3) is 3.27. The zero-order valence-corrected chi connectivity index (χ0v) is 9.51. The maximum absolute atomic E-state index is 2.72. The van der Waals surface area contributed by atoms with Crippen LogP contribution in [0.25, 0.3) is 0 Å². The molecule has 0 bridgehead atoms. The number of nitrogens with zero attached hydrogens (tertiary/aromatic N) is 1. The largest absolute Gasteiger partial charge is 0.303 e. The standard InChI is InChI=1S/C13H25N/c1-2-5-9-13(8-4-1)12-14-10-6-3-7-11-14/h13H,1-12H2. The van der Waals surface area contributed by atoms with Gasteiger partial charge in [0, 0.05) is 6.54 Å². The molecule has 0 N–H and O–H groups in total. The van der Waals surface area contributed by atoms with Crippen molar-refractivity contribution in [3.63, 3.8) is 0 Å². The van der Waals surface area contributed by atoms with Gasteiger partial charge in [-0.3, -0.25) is 0 Å². The third-order valence-corrected chi connectivity index (χ3v) is 3.94. The van der Waals surface area contributed by atoms with Crippen molar-refractivity contribution in [3.8, 4) is 0 Å². The third-order valence-electron chi connectivity index (χ3n) is 3.94. The van der Waals surface area contributed by atoms with E-state index < -0.39 is 0 Å². The summed E-state index contributed by atoms with van der Waals surface area (Å²) >= 11 is 0. The lowest BCUT2D eigenvalue weighted by Gasteiger charge is -2.30. The van der Waals surface area contributed by atoms with Gasteiger partial charge in [-0.15, -0.1) is 0 Å². The summed E-state index contributed by atoms with van der Waals surface area (Å²) in [7, 11) is 0. The Morgan fingerprint density at radius 2 is 1.29 bits per heavy atom. The summed E-state index contributed by atoms with van der Waals surface area (Å²) in [5.41, 5.74) is 0. The first kappa shape index (κ1) is 10.5. The molecule has 1 saturated heterocycles. The van der Waals surface area contributed by atoms with Crippen molar-refractivity contribution in [1.82, 2.24) is 4.90 Å². The van der Waals surface area contributed by atoms with E-state index in [0.717, 1.165) is 5.92 Å². The molecule has 0 atom stereocenters. The van der Waals surface area contributed by atoms with Crippen LogP contribution in [0.1, 0.15) is 57.8 Å². The van der Waals surface area contributed by atoms with Crippen molar-refractivity contribution in [1.29, 1.82) is 0 Å². The normalized spacial score (nSPS) is 27.4. The Kier molecular flexibility index (Phi) is 4.30. The SMILES string of the molecule is C1CCCC(CN2CCCCC2)CC1. The first-order valence-electron chi connectivity index (χ1n) is 6.67. The number of likely N-dealkylation sites (tertiary alicyclic amines) is 1. The molecule has 1 aliphatic carbocycles. The summed E-state index contributed by atoms with van der Waals surface area (Å²) in [6.45, 7) is 4.19. The van der Waals surface area contributed by atoms with Crippen molar-refractivity contribution >= 4 is 0 Å². The van der Waals surface area contributed by atoms with E-state index in [0.29, 0.717) is 0 Å². The van der Waals surface area contributed by atoms with E-state index in [1.54, 1.807) is 0 Å². The lowest BCUT2D eigenvalue weighted by atomic mass is 9.98. The highest BCUT2D eigenvalue weighted by Crippen LogP contribution is 2.24. The van der Waals surface area contributed by atoms with Crippen LogP contribution in [0.4, 0.5) is 0 Å². The Balaban J connectivity index is 1.71. The average molecular weight is 195 g/mol. The van der Waals surface area contributed by atoms with Gasteiger partial charge in [0.05, 0.1) is 0 Å². The predicted octanol–water partition coefficient (Wildman–Crippen LogP) is 3.44. The van der Waals surface area contributed by atoms with E-state index in [1.807, 2.05) is 0 Å². The molecule has 1 aliphatic heterocycles. The van der Waals surface area contributed by atoms with Crippen molar-refractivity contribution in [2.45, 2.75) is 57.8 Å². The molecule has 0 aromatic carbocycles. The molecule has 0 aromatic heterocycles. The van der Waals surface area contributed by atoms with Crippen molar-refractivity contribution in [2.75, 3.05) is 19.6 Å². The van der Waals surface area contributed by atoms with Gasteiger partial charge in [0.2, 0.25) is 0 Å². The van der Waals surface area contributed by atoms with E-state index in [1.165, 1.54) is 77.4 Å². The Morgan fingerprint density at radius 3 is 1.93 bits per heavy atom. The molecule has 0 amide bonds. The molecule has 82 valence electrons. The second kappa shape index (κ2) is 5.75. The van der Waals surface area contributed by atoms with Gasteiger partial charge >= 0.3 is 0 Å². The highest BCUT2D eigenvalue weighted by Gasteiger charge is 2.17. The minimum atomic E-state index is 1.04. The molecule has 1 heteroatoms. The number of rotatable bonds is 2. The highest BCUT2D eigenvalue weighted by atomic mass is 15.1. The van der Waals surface area contributed by atoms with Crippen molar-refractivity contribution in [2.24, 2.45) is 5.92 Å². The number of hydrogen-bond acceptors (Lipinski definition) is 1. The van der Waals surface area contributed by atoms with Crippen LogP contribution in [-0.4, -0.2) is 24.5 Å². The molecule has 0 unspecified atom stereocenters. The Morgan fingerprint density at radius 1 is 0.714 bits per heavy atom. The van der Waals surface area contributed by atoms with Crippen LogP contribution < -0.4 is 0 Å². The van der Waals surface area contributed by atoms with Gasteiger partial charge in [-0.05, 0) is 44.7 Å². The molecule has 2 fully saturated rings. The molecule has 0 radical (unpaired) electrons. The van der Waals surface area contributed by atoms with E-state index >= 15 is 0 Å². The monoisotopic (exact) mass is 195 g/mol. The topological polar surface area (TPSA) is 3.24 Å². The molecule has 0 spiro atoms. The van der Waals surface area contributed by atoms with Crippen LogP contribution in [-0.2, 0) is 0 Å². The number of hydrogen-bond donors (Lipinski definition) is 0. The summed E-state index contributed by atoms with van der Waals surface area (Å²) in [5.74, 6) is 1.04. The van der Waals surface area contributed by atoms with Crippen LogP contribution >= 0.6 is 0 Å². The van der Waals surface area contributed by atoms with Gasteiger partial charge in [-0.2, -0.15) is 0 Å². The summed E-state index contributed by atoms with van der Waals surface area (Å²) < 4.78 is 0. The van der Waals surface area contributed by atoms with E-state index in [9.17, 15) is 0 Å². The fourth-order valence-corrected chi connectivity index (χ4v) is 3.05. The second-order valence-corrected chi connectivity index (χ2v) is 5.22. The minimum Gasteiger partial charge on any atom is -0.303 e. The van der Waals surface area contributed by atoms with Crippen molar-refractivity contribution in [3.05, 3.63) is 0 Å². The first-order chi connectivity index (χ1) is 6.95. The van der Waals surface area contributed by atoms with Crippen LogP contribution in [0, 0.1) is 5.92 Å². The highest BCUT2D eigenvalue weighted by molar-refractivity contribution is 4.71. The molecule has 1 nitrogen and oxygen atoms in total. The maximum atomic E-state index is 2.72. The Labute approximate surface area is 88.9 Å². The molecular weight excluding hydrogens is 170 g/mol. The lowest BCUT2D eigenvalue weighted by molar-refractivity contribution is 0.187. The van der Waals surface area contributed by atoms with E-state index in [4.69, 9.17) is 0 Å². The van der Waals surface area contributed by atoms with Gasteiger partial charge in [0.1, 0.15) is 0 Å². The fourth-order valence-electron chi connectivity index (χ4n) is 3.05. The first-order valence-corrected chi connectivity index (χ1v) is 6.67. The van der Waals surface area contributed by atoms with Crippen LogP contribution in [0.5, 0.6) is 0 Å². The summed E-state index contributed by atoms with van der Waals surface area (Å²) in [4.78, 5) is 2.72. The minimum absolute atomic E-state index is 1.04. The molecule has 14 heavy (non-hydrogen) atoms. The summed E-state index contributed by atoms with van der Waals surface area (Å²) in [6, 6.07) is 0. The van der Waals surface area contributed by atoms with Gasteiger partial charge in [0.15, 0.2) is 0 Å². The second-order valence-electron chi connectivity index (χ2n) is 5.22. The van der Waals surface area contributed by atoms with Gasteiger partial charge < -0.3 is 4.90 Å². The predicted molar refractivity (Wildman–Crippen MR) is 61.5 cm³/mol. The van der Waals surface area contributed by atoms with Crippen LogP contribution in [0.3, 0.4) is 0 Å². The maximum Gasteiger partial charge on any atom is 0.000965 e. The van der Waals surface area contributed by atoms with Gasteiger partial charge in [0.25, 0.3) is 0 Å². The van der Waals surface area contributed by atoms with E-state index in [-0.39, 0.29) is 0 Å². The van der Waals surface area contributed by atoms with Crippen LogP contribution in [0.2, 0.25) is 0 Å². The quantitative estimate of drug-likeness (QED) is 0.610. The lowest BCUT2D eigenvalue weighted by Crippen LogP contribution is -2.34. The number of piperidine rings is 1. The molecular formula is C13H25N. The average Bonchev–Trinajstić information content (AvgIpc) is 2.48. The molecule has 2 rings (SSSR count). The molecule has 1 saturated carbocycles. The summed E-state index contributed by atoms with van der Waals surface area (Å²) in [6.07, 6.45) is 13.4. The van der Waals surface area contributed by atoms with Gasteiger partial charge in [-0.25, -0.2) is 0 Å². The van der Waals surface area contributed by atoms with E-state index in [2.05, 4.69) is 4.90 Å². The zero-order chi connectivity index (χ0) is 9.64. The fraction of sp³-hybridized carbons (Fsp3) is 1.00. The Bertz CT molecular complexity index is 141. The van der Waals surface area contributed by atoms with Crippen LogP contribution in [0.15, 0.2) is 0 Å². The summed E-state index contributed by atoms with van der Waals surface area (Å²) in [5, 5.41) is 0. The molecule has 2 aliphatic rings. The smallest absolute Gasteiger partial charge is 0.000965 e. The Hall–Kier alpha value is -0.0400. The molecule has 0 aromatic rings. The zero-order valence-electron chi connectivity index (χ0n) is 9.51. The van der Waals surface area contributed by atoms with Crippen molar-refractivity contribution < 1.29 is 0 Å². The van der Waals surface area contributed by atoms with Gasteiger partial charge in [-0.1, -0.05) is 32.1 Å².